The van der Waals surface area contributed by atoms with Gasteiger partial charge in [0.25, 0.3) is 5.78 Å². The molecule has 0 spiro atoms. The Kier molecular flexibility index (Phi) is 3.27. The minimum atomic E-state index is -5.03. The number of aromatic nitrogens is 3. The summed E-state index contributed by atoms with van der Waals surface area (Å²) in [5.74, 6) is -2.72. The number of nitrogens with zero attached hydrogens (tertiary/aromatic N) is 3. The first kappa shape index (κ1) is 13.5. The van der Waals surface area contributed by atoms with Crippen molar-refractivity contribution < 1.29 is 22.4 Å². The maximum Gasteiger partial charge on any atom is 0.456 e. The highest BCUT2D eigenvalue weighted by Gasteiger charge is 2.41. The van der Waals surface area contributed by atoms with E-state index in [1.165, 1.54) is 6.07 Å². The lowest BCUT2D eigenvalue weighted by molar-refractivity contribution is -0.0888. The summed E-state index contributed by atoms with van der Waals surface area (Å²) < 4.78 is 50.2. The fourth-order valence-electron chi connectivity index (χ4n) is 1.30. The van der Waals surface area contributed by atoms with Gasteiger partial charge in [0.15, 0.2) is 5.69 Å². The molecule has 2 rings (SSSR count). The molecule has 0 aliphatic rings. The summed E-state index contributed by atoms with van der Waals surface area (Å²) in [5, 5.41) is 6.39. The van der Waals surface area contributed by atoms with Gasteiger partial charge in [-0.25, -0.2) is 9.07 Å². The predicted molar refractivity (Wildman–Crippen MR) is 56.7 cm³/mol. The van der Waals surface area contributed by atoms with Crippen LogP contribution in [0.5, 0.6) is 0 Å². The van der Waals surface area contributed by atoms with Gasteiger partial charge >= 0.3 is 6.18 Å². The molecule has 1 aromatic carbocycles. The first-order valence-electron chi connectivity index (χ1n) is 4.78. The molecule has 1 aromatic heterocycles. The molecular weight excluding hydrogens is 290 g/mol. The van der Waals surface area contributed by atoms with Crippen LogP contribution in [0.3, 0.4) is 0 Å². The van der Waals surface area contributed by atoms with E-state index in [0.29, 0.717) is 0 Å². The molecule has 0 saturated carbocycles. The van der Waals surface area contributed by atoms with E-state index in [1.807, 2.05) is 0 Å². The van der Waals surface area contributed by atoms with Gasteiger partial charge in [-0.2, -0.15) is 13.2 Å². The number of ketones is 1. The van der Waals surface area contributed by atoms with Crippen LogP contribution in [0.25, 0.3) is 5.69 Å². The molecule has 0 unspecified atom stereocenters. The zero-order chi connectivity index (χ0) is 14.2. The van der Waals surface area contributed by atoms with Crippen LogP contribution in [0.15, 0.2) is 24.4 Å². The maximum atomic E-state index is 12.8. The quantitative estimate of drug-likeness (QED) is 0.632. The molecule has 0 saturated heterocycles. The summed E-state index contributed by atoms with van der Waals surface area (Å²) in [6, 6.07) is 3.21. The Balaban J connectivity index is 2.39. The Bertz CT molecular complexity index is 638. The van der Waals surface area contributed by atoms with Gasteiger partial charge in [0.1, 0.15) is 5.82 Å². The molecular formula is C10H4ClF4N3O. The van der Waals surface area contributed by atoms with Crippen molar-refractivity contribution in [2.24, 2.45) is 0 Å². The Morgan fingerprint density at radius 1 is 1.32 bits per heavy atom. The van der Waals surface area contributed by atoms with Gasteiger partial charge in [-0.1, -0.05) is 16.8 Å². The first-order chi connectivity index (χ1) is 8.79. The number of alkyl halides is 3. The van der Waals surface area contributed by atoms with Crippen LogP contribution in [0, 0.1) is 5.82 Å². The second kappa shape index (κ2) is 4.61. The highest BCUT2D eigenvalue weighted by atomic mass is 35.5. The van der Waals surface area contributed by atoms with Crippen LogP contribution in [-0.4, -0.2) is 27.0 Å². The summed E-state index contributed by atoms with van der Waals surface area (Å²) >= 11 is 5.71. The Morgan fingerprint density at radius 2 is 2.00 bits per heavy atom. The van der Waals surface area contributed by atoms with Crippen molar-refractivity contribution >= 4 is 17.4 Å². The molecule has 0 bridgehead atoms. The molecule has 0 N–H and O–H groups in total. The number of Topliss-reactive ketones (excluding diaryl/α,β-unsaturated/α-hetero) is 1. The molecule has 2 aromatic rings. The molecule has 0 fully saturated rings. The maximum absolute atomic E-state index is 12.8. The van der Waals surface area contributed by atoms with Gasteiger partial charge in [-0.05, 0) is 18.2 Å². The van der Waals surface area contributed by atoms with Crippen LogP contribution >= 0.6 is 11.6 Å². The van der Waals surface area contributed by atoms with E-state index in [2.05, 4.69) is 10.3 Å². The molecule has 0 atom stereocenters. The van der Waals surface area contributed by atoms with E-state index in [-0.39, 0.29) is 10.7 Å². The van der Waals surface area contributed by atoms with Crippen molar-refractivity contribution in [3.05, 3.63) is 40.9 Å². The van der Waals surface area contributed by atoms with Gasteiger partial charge in [0.05, 0.1) is 16.9 Å². The van der Waals surface area contributed by atoms with E-state index < -0.39 is 23.5 Å². The van der Waals surface area contributed by atoms with Crippen molar-refractivity contribution in [3.63, 3.8) is 0 Å². The third-order valence-electron chi connectivity index (χ3n) is 2.14. The van der Waals surface area contributed by atoms with E-state index in [0.717, 1.165) is 23.0 Å². The fourth-order valence-corrected chi connectivity index (χ4v) is 1.55. The first-order valence-corrected chi connectivity index (χ1v) is 5.16. The Morgan fingerprint density at radius 3 is 2.58 bits per heavy atom. The van der Waals surface area contributed by atoms with Crippen LogP contribution < -0.4 is 0 Å². The molecule has 0 amide bonds. The van der Waals surface area contributed by atoms with E-state index in [1.54, 1.807) is 0 Å². The molecule has 100 valence electrons. The summed E-state index contributed by atoms with van der Waals surface area (Å²) in [4.78, 5) is 10.9. The lowest BCUT2D eigenvalue weighted by Crippen LogP contribution is -2.23. The van der Waals surface area contributed by atoms with Gasteiger partial charge in [-0.3, -0.25) is 4.79 Å². The summed E-state index contributed by atoms with van der Waals surface area (Å²) in [6.07, 6.45) is -4.26. The molecule has 4 nitrogen and oxygen atoms in total. The highest BCUT2D eigenvalue weighted by molar-refractivity contribution is 6.32. The number of rotatable bonds is 2. The summed E-state index contributed by atoms with van der Waals surface area (Å²) in [7, 11) is 0. The average molecular weight is 294 g/mol. The van der Waals surface area contributed by atoms with Crippen molar-refractivity contribution in [1.29, 1.82) is 0 Å². The second-order valence-corrected chi connectivity index (χ2v) is 3.88. The van der Waals surface area contributed by atoms with E-state index in [4.69, 9.17) is 11.6 Å². The lowest BCUT2D eigenvalue weighted by atomic mass is 10.3. The van der Waals surface area contributed by atoms with Crippen LogP contribution in [0.4, 0.5) is 17.6 Å². The largest absolute Gasteiger partial charge is 0.456 e. The smallest absolute Gasteiger partial charge is 0.282 e. The van der Waals surface area contributed by atoms with Gasteiger partial charge < -0.3 is 0 Å². The number of hydrogen-bond acceptors (Lipinski definition) is 3. The topological polar surface area (TPSA) is 47.8 Å². The molecule has 0 aliphatic heterocycles. The van der Waals surface area contributed by atoms with Crippen molar-refractivity contribution in [2.45, 2.75) is 6.18 Å². The van der Waals surface area contributed by atoms with Gasteiger partial charge in [0.2, 0.25) is 0 Å². The molecule has 0 aliphatic carbocycles. The van der Waals surface area contributed by atoms with Gasteiger partial charge in [0, 0.05) is 0 Å². The monoisotopic (exact) mass is 293 g/mol. The minimum Gasteiger partial charge on any atom is -0.282 e. The van der Waals surface area contributed by atoms with Crippen molar-refractivity contribution in [3.8, 4) is 5.69 Å². The number of carbonyl (C=O) groups is 1. The van der Waals surface area contributed by atoms with Crippen LogP contribution in [-0.2, 0) is 0 Å². The van der Waals surface area contributed by atoms with Crippen LogP contribution in [0.2, 0.25) is 5.02 Å². The highest BCUT2D eigenvalue weighted by Crippen LogP contribution is 2.23. The van der Waals surface area contributed by atoms with E-state index in [9.17, 15) is 22.4 Å². The molecule has 9 heteroatoms. The number of hydrogen-bond donors (Lipinski definition) is 0. The number of carbonyl (C=O) groups excluding carboxylic acids is 1. The normalized spacial score (nSPS) is 11.6. The molecule has 19 heavy (non-hydrogen) atoms. The zero-order valence-corrected chi connectivity index (χ0v) is 9.71. The van der Waals surface area contributed by atoms with Gasteiger partial charge in [-0.15, -0.1) is 5.10 Å². The third-order valence-corrected chi connectivity index (χ3v) is 2.44. The fraction of sp³-hybridized carbons (Fsp3) is 0.100. The van der Waals surface area contributed by atoms with Crippen molar-refractivity contribution in [2.75, 3.05) is 0 Å². The number of benzene rings is 1. The SMILES string of the molecule is O=C(c1cn(-c2ccc(F)cc2Cl)nn1)C(F)(F)F. The third kappa shape index (κ3) is 2.73. The van der Waals surface area contributed by atoms with Crippen molar-refractivity contribution in [1.82, 2.24) is 15.0 Å². The number of halogens is 5. The average Bonchev–Trinajstić information content (AvgIpc) is 2.75. The minimum absolute atomic E-state index is 0.0732. The summed E-state index contributed by atoms with van der Waals surface area (Å²) in [5.41, 5.74) is -0.760. The lowest BCUT2D eigenvalue weighted by Gasteiger charge is -2.02. The molecule has 0 radical (unpaired) electrons. The second-order valence-electron chi connectivity index (χ2n) is 3.47. The summed E-state index contributed by atoms with van der Waals surface area (Å²) in [6.45, 7) is 0. The molecule has 1 heterocycles. The van der Waals surface area contributed by atoms with E-state index >= 15 is 0 Å². The Hall–Kier alpha value is -1.96. The Labute approximate surface area is 108 Å². The van der Waals surface area contributed by atoms with Crippen LogP contribution in [0.1, 0.15) is 10.5 Å². The predicted octanol–water partition coefficient (Wildman–Crippen LogP) is 2.80. The zero-order valence-electron chi connectivity index (χ0n) is 8.95. The standard InChI is InChI=1S/C10H4ClF4N3O/c11-6-3-5(12)1-2-8(6)18-4-7(16-17-18)9(19)10(13,14)15/h1-4H.